The van der Waals surface area contributed by atoms with Gasteiger partial charge in [-0.15, -0.1) is 0 Å². The summed E-state index contributed by atoms with van der Waals surface area (Å²) in [5.41, 5.74) is 0.349. The third-order valence-corrected chi connectivity index (χ3v) is 1.69. The van der Waals surface area contributed by atoms with Gasteiger partial charge in [0, 0.05) is 12.5 Å². The largest absolute Gasteiger partial charge is 0.480 e. The van der Waals surface area contributed by atoms with E-state index >= 15 is 0 Å². The number of imide groups is 1. The predicted molar refractivity (Wildman–Crippen MR) is 49.5 cm³/mol. The number of nitrogens with zero attached hydrogens (tertiary/aromatic N) is 1. The lowest BCUT2D eigenvalue weighted by atomic mass is 10.2. The van der Waals surface area contributed by atoms with Crippen LogP contribution in [-0.2, 0) is 14.4 Å². The molecular formula is C9H13NO4. The molecule has 14 heavy (non-hydrogen) atoms. The van der Waals surface area contributed by atoms with Crippen LogP contribution in [0, 0.1) is 0 Å². The number of hydrogen-bond donors (Lipinski definition) is 1. The lowest BCUT2D eigenvalue weighted by molar-refractivity contribution is -0.150. The number of rotatable bonds is 3. The fraction of sp³-hybridized carbons (Fsp3) is 0.444. The second-order valence-corrected chi connectivity index (χ2v) is 2.78. The minimum atomic E-state index is -1.21. The van der Waals surface area contributed by atoms with Crippen molar-refractivity contribution >= 4 is 17.8 Å². The quantitative estimate of drug-likeness (QED) is 0.668. The molecule has 0 rings (SSSR count). The van der Waals surface area contributed by atoms with Crippen LogP contribution in [-0.4, -0.2) is 34.3 Å². The molecule has 0 spiro atoms. The average molecular weight is 199 g/mol. The molecule has 5 heteroatoms. The molecule has 1 N–H and O–H groups in total. The van der Waals surface area contributed by atoms with E-state index < -0.39 is 24.3 Å². The fourth-order valence-corrected chi connectivity index (χ4v) is 0.798. The molecule has 2 amide bonds. The lowest BCUT2D eigenvalue weighted by Gasteiger charge is -2.16. The molecule has 0 aromatic carbocycles. The van der Waals surface area contributed by atoms with Gasteiger partial charge < -0.3 is 5.11 Å². The number of amides is 2. The van der Waals surface area contributed by atoms with E-state index in [1.165, 1.54) is 13.0 Å². The van der Waals surface area contributed by atoms with Crippen LogP contribution in [0.2, 0.25) is 0 Å². The minimum Gasteiger partial charge on any atom is -0.480 e. The molecule has 0 heterocycles. The number of carboxylic acid groups (broad SMARTS) is 1. The van der Waals surface area contributed by atoms with Crippen molar-refractivity contribution < 1.29 is 19.5 Å². The highest BCUT2D eigenvalue weighted by Gasteiger charge is 2.21. The molecule has 0 aliphatic heterocycles. The summed E-state index contributed by atoms with van der Waals surface area (Å²) in [5.74, 6) is -2.35. The van der Waals surface area contributed by atoms with E-state index in [-0.39, 0.29) is 0 Å². The summed E-state index contributed by atoms with van der Waals surface area (Å²) in [6.07, 6.45) is 1.53. The zero-order valence-corrected chi connectivity index (χ0v) is 8.40. The van der Waals surface area contributed by atoms with Gasteiger partial charge in [0.05, 0.1) is 0 Å². The molecule has 0 aromatic rings. The van der Waals surface area contributed by atoms with Gasteiger partial charge in [-0.25, -0.2) is 0 Å². The average Bonchev–Trinajstić information content (AvgIpc) is 2.11. The first kappa shape index (κ1) is 12.3. The topological polar surface area (TPSA) is 74.7 Å². The van der Waals surface area contributed by atoms with E-state index in [9.17, 15) is 14.4 Å². The normalized spacial score (nSPS) is 10.9. The van der Waals surface area contributed by atoms with Crippen LogP contribution in [0.25, 0.3) is 0 Å². The van der Waals surface area contributed by atoms with E-state index in [0.29, 0.717) is 10.5 Å². The third kappa shape index (κ3) is 3.38. The monoisotopic (exact) mass is 199 g/mol. The van der Waals surface area contributed by atoms with Crippen LogP contribution in [0.4, 0.5) is 0 Å². The molecule has 0 aromatic heterocycles. The highest BCUT2D eigenvalue weighted by molar-refractivity contribution is 6.04. The Morgan fingerprint density at radius 1 is 1.29 bits per heavy atom. The summed E-state index contributed by atoms with van der Waals surface area (Å²) in [5, 5.41) is 8.47. The Hall–Kier alpha value is -1.65. The van der Waals surface area contributed by atoms with Crippen LogP contribution < -0.4 is 0 Å². The van der Waals surface area contributed by atoms with Crippen molar-refractivity contribution in [2.45, 2.75) is 20.8 Å². The van der Waals surface area contributed by atoms with Crippen molar-refractivity contribution in [2.75, 3.05) is 6.54 Å². The molecule has 78 valence electrons. The Morgan fingerprint density at radius 3 is 2.07 bits per heavy atom. The van der Waals surface area contributed by atoms with E-state index in [0.717, 1.165) is 6.92 Å². The van der Waals surface area contributed by atoms with Gasteiger partial charge in [-0.1, -0.05) is 6.08 Å². The highest BCUT2D eigenvalue weighted by atomic mass is 16.4. The zero-order valence-electron chi connectivity index (χ0n) is 8.40. The van der Waals surface area contributed by atoms with Gasteiger partial charge in [0.15, 0.2) is 0 Å². The van der Waals surface area contributed by atoms with Gasteiger partial charge in [0.1, 0.15) is 6.54 Å². The molecule has 0 fully saturated rings. The van der Waals surface area contributed by atoms with Gasteiger partial charge in [-0.2, -0.15) is 0 Å². The Balaban J connectivity index is 4.75. The Labute approximate surface area is 82.0 Å². The van der Waals surface area contributed by atoms with Gasteiger partial charge in [-0.3, -0.25) is 19.3 Å². The number of allylic oxidation sites excluding steroid dienone is 1. The van der Waals surface area contributed by atoms with Crippen molar-refractivity contribution in [3.63, 3.8) is 0 Å². The standard InChI is InChI=1S/C9H13NO4/c1-4-6(2)9(14)10(7(3)11)5-8(12)13/h4H,5H2,1-3H3,(H,12,13)/b6-4-. The molecule has 0 bridgehead atoms. The number of carbonyl (C=O) groups excluding carboxylic acids is 2. The molecule has 0 aliphatic carbocycles. The van der Waals surface area contributed by atoms with E-state index in [4.69, 9.17) is 5.11 Å². The fourth-order valence-electron chi connectivity index (χ4n) is 0.798. The van der Waals surface area contributed by atoms with Crippen LogP contribution in [0.1, 0.15) is 20.8 Å². The lowest BCUT2D eigenvalue weighted by Crippen LogP contribution is -2.39. The Morgan fingerprint density at radius 2 is 1.79 bits per heavy atom. The van der Waals surface area contributed by atoms with Gasteiger partial charge >= 0.3 is 5.97 Å². The summed E-state index contributed by atoms with van der Waals surface area (Å²) in [6.45, 7) is 3.73. The summed E-state index contributed by atoms with van der Waals surface area (Å²) >= 11 is 0. The van der Waals surface area contributed by atoms with E-state index in [2.05, 4.69) is 0 Å². The van der Waals surface area contributed by atoms with Crippen LogP contribution >= 0.6 is 0 Å². The smallest absolute Gasteiger partial charge is 0.323 e. The molecule has 0 saturated heterocycles. The van der Waals surface area contributed by atoms with Crippen molar-refractivity contribution in [1.29, 1.82) is 0 Å². The Bertz CT molecular complexity index is 293. The minimum absolute atomic E-state index is 0.349. The van der Waals surface area contributed by atoms with Crippen LogP contribution in [0.5, 0.6) is 0 Å². The summed E-state index contributed by atoms with van der Waals surface area (Å²) < 4.78 is 0. The first-order chi connectivity index (χ1) is 6.40. The van der Waals surface area contributed by atoms with Gasteiger partial charge in [0.2, 0.25) is 5.91 Å². The zero-order chi connectivity index (χ0) is 11.3. The number of carbonyl (C=O) groups is 3. The first-order valence-electron chi connectivity index (χ1n) is 4.07. The van der Waals surface area contributed by atoms with Crippen molar-refractivity contribution in [2.24, 2.45) is 0 Å². The second-order valence-electron chi connectivity index (χ2n) is 2.78. The first-order valence-corrected chi connectivity index (χ1v) is 4.07. The number of aliphatic carboxylic acids is 1. The number of carboxylic acids is 1. The summed E-state index contributed by atoms with van der Waals surface area (Å²) in [7, 11) is 0. The summed E-state index contributed by atoms with van der Waals surface area (Å²) in [6, 6.07) is 0. The Kier molecular flexibility index (Phi) is 4.55. The molecule has 0 unspecified atom stereocenters. The summed E-state index contributed by atoms with van der Waals surface area (Å²) in [4.78, 5) is 33.4. The van der Waals surface area contributed by atoms with Crippen molar-refractivity contribution in [3.05, 3.63) is 11.6 Å². The van der Waals surface area contributed by atoms with Crippen molar-refractivity contribution in [1.82, 2.24) is 4.90 Å². The van der Waals surface area contributed by atoms with Gasteiger partial charge in [-0.05, 0) is 13.8 Å². The van der Waals surface area contributed by atoms with Crippen LogP contribution in [0.3, 0.4) is 0 Å². The molecule has 0 radical (unpaired) electrons. The molecule has 0 atom stereocenters. The molecule has 0 saturated carbocycles. The maximum atomic E-state index is 11.4. The van der Waals surface area contributed by atoms with E-state index in [1.807, 2.05) is 0 Å². The highest BCUT2D eigenvalue weighted by Crippen LogP contribution is 2.01. The maximum absolute atomic E-state index is 11.4. The molecule has 0 aliphatic rings. The number of hydrogen-bond acceptors (Lipinski definition) is 3. The van der Waals surface area contributed by atoms with E-state index in [1.54, 1.807) is 6.92 Å². The third-order valence-electron chi connectivity index (χ3n) is 1.69. The van der Waals surface area contributed by atoms with Crippen molar-refractivity contribution in [3.8, 4) is 0 Å². The molecule has 5 nitrogen and oxygen atoms in total. The maximum Gasteiger partial charge on any atom is 0.323 e. The second kappa shape index (κ2) is 5.16. The SMILES string of the molecule is C/C=C(/C)C(=O)N(CC(=O)O)C(C)=O. The molecular weight excluding hydrogens is 186 g/mol. The van der Waals surface area contributed by atoms with Crippen LogP contribution in [0.15, 0.2) is 11.6 Å². The predicted octanol–water partition coefficient (Wildman–Crippen LogP) is 0.412. The van der Waals surface area contributed by atoms with Gasteiger partial charge in [0.25, 0.3) is 5.91 Å².